The summed E-state index contributed by atoms with van der Waals surface area (Å²) in [6, 6.07) is 6.16. The molecule has 0 amide bonds. The van der Waals surface area contributed by atoms with Gasteiger partial charge in [0, 0.05) is 1.43 Å². The highest BCUT2D eigenvalue weighted by Gasteiger charge is 2.02. The lowest BCUT2D eigenvalue weighted by atomic mass is 10.0. The van der Waals surface area contributed by atoms with Crippen molar-refractivity contribution in [2.24, 2.45) is 0 Å². The average Bonchev–Trinajstić information content (AvgIpc) is 2.67. The van der Waals surface area contributed by atoms with Crippen LogP contribution in [0.15, 0.2) is 18.2 Å². The first-order valence-electron chi connectivity index (χ1n) is 5.08. The Morgan fingerprint density at radius 3 is 2.43 bits per heavy atom. The number of nitrogens with one attached hydrogen (secondary N) is 1. The highest BCUT2D eigenvalue weighted by molar-refractivity contribution is 5.74. The van der Waals surface area contributed by atoms with E-state index in [2.05, 4.69) is 41.4 Å². The molecule has 0 atom stereocenters. The molecule has 0 radical (unpaired) electrons. The summed E-state index contributed by atoms with van der Waals surface area (Å²) in [6.45, 7) is 8.34. The van der Waals surface area contributed by atoms with Crippen LogP contribution < -0.4 is 0 Å². The molecule has 0 fully saturated rings. The molecule has 2 rings (SSSR count). The van der Waals surface area contributed by atoms with Crippen molar-refractivity contribution >= 4 is 11.0 Å². The molecule has 0 aliphatic carbocycles. The molecule has 1 aromatic carbocycles. The van der Waals surface area contributed by atoms with E-state index in [9.17, 15) is 0 Å². The summed E-state index contributed by atoms with van der Waals surface area (Å²) >= 11 is 0. The Hall–Kier alpha value is -1.38. The van der Waals surface area contributed by atoms with Crippen LogP contribution in [0.3, 0.4) is 0 Å². The Morgan fingerprint density at radius 1 is 1.14 bits per heavy atom. The molecule has 1 aromatic heterocycles. The van der Waals surface area contributed by atoms with E-state index in [0.717, 1.165) is 11.0 Å². The molecule has 2 aromatic rings. The third kappa shape index (κ3) is 2.10. The Balaban J connectivity index is 0.000000617. The fourth-order valence-corrected chi connectivity index (χ4v) is 1.22. The number of aromatic nitrogens is 3. The summed E-state index contributed by atoms with van der Waals surface area (Å²) in [6.07, 6.45) is 0. The van der Waals surface area contributed by atoms with Crippen LogP contribution in [0.2, 0.25) is 0 Å². The molecule has 3 nitrogen and oxygen atoms in total. The normalized spacial score (nSPS) is 10.1. The van der Waals surface area contributed by atoms with Crippen LogP contribution in [0, 0.1) is 0 Å². The monoisotopic (exact) mass is 193 g/mol. The van der Waals surface area contributed by atoms with Crippen molar-refractivity contribution in [2.45, 2.75) is 33.6 Å². The SMILES string of the molecule is CC.CC(C)c1ccc2n[nH]nc2c1.[HH]. The number of nitrogens with zero attached hydrogens (tertiary/aromatic N) is 2. The van der Waals surface area contributed by atoms with Crippen LogP contribution in [0.4, 0.5) is 0 Å². The van der Waals surface area contributed by atoms with E-state index in [1.165, 1.54) is 5.56 Å². The molecule has 0 aliphatic heterocycles. The predicted molar refractivity (Wildman–Crippen MR) is 61.4 cm³/mol. The lowest BCUT2D eigenvalue weighted by Gasteiger charge is -2.02. The second-order valence-corrected chi connectivity index (χ2v) is 3.23. The Morgan fingerprint density at radius 2 is 1.79 bits per heavy atom. The number of H-pyrrole nitrogens is 1. The van der Waals surface area contributed by atoms with Gasteiger partial charge >= 0.3 is 0 Å². The molecule has 0 spiro atoms. The molecule has 3 heteroatoms. The van der Waals surface area contributed by atoms with Gasteiger partial charge in [0.15, 0.2) is 0 Å². The van der Waals surface area contributed by atoms with E-state index in [4.69, 9.17) is 0 Å². The summed E-state index contributed by atoms with van der Waals surface area (Å²) in [4.78, 5) is 0. The molecule has 0 bridgehead atoms. The number of benzene rings is 1. The number of aromatic amines is 1. The van der Waals surface area contributed by atoms with Gasteiger partial charge in [0.2, 0.25) is 0 Å². The lowest BCUT2D eigenvalue weighted by molar-refractivity contribution is 0.868. The lowest BCUT2D eigenvalue weighted by Crippen LogP contribution is -1.85. The van der Waals surface area contributed by atoms with Crippen LogP contribution in [0.1, 0.15) is 40.6 Å². The second kappa shape index (κ2) is 4.74. The number of hydrogen-bond donors (Lipinski definition) is 1. The molecule has 0 unspecified atom stereocenters. The van der Waals surface area contributed by atoms with Gasteiger partial charge in [0.25, 0.3) is 0 Å². The van der Waals surface area contributed by atoms with E-state index in [1.807, 2.05) is 19.9 Å². The molecule has 78 valence electrons. The number of rotatable bonds is 1. The molecule has 0 saturated heterocycles. The molecule has 0 saturated carbocycles. The zero-order valence-corrected chi connectivity index (χ0v) is 9.20. The van der Waals surface area contributed by atoms with Crippen LogP contribution in [0.25, 0.3) is 11.0 Å². The summed E-state index contributed by atoms with van der Waals surface area (Å²) in [5.41, 5.74) is 3.18. The molecular weight excluding hydrogens is 174 g/mol. The van der Waals surface area contributed by atoms with E-state index in [1.54, 1.807) is 0 Å². The first-order valence-corrected chi connectivity index (χ1v) is 5.08. The van der Waals surface area contributed by atoms with Crippen LogP contribution in [-0.4, -0.2) is 15.4 Å². The smallest absolute Gasteiger partial charge is 0.113 e. The van der Waals surface area contributed by atoms with Gasteiger partial charge in [-0.1, -0.05) is 33.8 Å². The van der Waals surface area contributed by atoms with Crippen molar-refractivity contribution in [3.8, 4) is 0 Å². The van der Waals surface area contributed by atoms with E-state index in [-0.39, 0.29) is 1.43 Å². The van der Waals surface area contributed by atoms with Crippen LogP contribution in [-0.2, 0) is 0 Å². The molecule has 14 heavy (non-hydrogen) atoms. The topological polar surface area (TPSA) is 41.6 Å². The third-order valence-corrected chi connectivity index (χ3v) is 2.01. The maximum atomic E-state index is 4.03. The zero-order valence-electron chi connectivity index (χ0n) is 9.20. The van der Waals surface area contributed by atoms with Gasteiger partial charge in [-0.2, -0.15) is 15.4 Å². The number of hydrogen-bond acceptors (Lipinski definition) is 2. The van der Waals surface area contributed by atoms with Gasteiger partial charge in [-0.05, 0) is 23.6 Å². The maximum absolute atomic E-state index is 4.03. The summed E-state index contributed by atoms with van der Waals surface area (Å²) in [7, 11) is 0. The highest BCUT2D eigenvalue weighted by Crippen LogP contribution is 2.17. The third-order valence-electron chi connectivity index (χ3n) is 2.01. The Labute approximate surface area is 86.0 Å². The maximum Gasteiger partial charge on any atom is 0.113 e. The first-order chi connectivity index (χ1) is 6.77. The quantitative estimate of drug-likeness (QED) is 0.754. The van der Waals surface area contributed by atoms with Crippen molar-refractivity contribution in [1.29, 1.82) is 0 Å². The van der Waals surface area contributed by atoms with Crippen molar-refractivity contribution < 1.29 is 1.43 Å². The van der Waals surface area contributed by atoms with Gasteiger partial charge in [-0.15, -0.1) is 0 Å². The summed E-state index contributed by atoms with van der Waals surface area (Å²) in [5.74, 6) is 0.547. The minimum Gasteiger partial charge on any atom is -0.197 e. The minimum atomic E-state index is 0. The largest absolute Gasteiger partial charge is 0.197 e. The Kier molecular flexibility index (Phi) is 3.63. The predicted octanol–water partition coefficient (Wildman–Crippen LogP) is 3.35. The molecule has 0 aliphatic rings. The van der Waals surface area contributed by atoms with Crippen molar-refractivity contribution in [3.63, 3.8) is 0 Å². The van der Waals surface area contributed by atoms with Gasteiger partial charge in [-0.25, -0.2) is 0 Å². The van der Waals surface area contributed by atoms with Crippen LogP contribution >= 0.6 is 0 Å². The van der Waals surface area contributed by atoms with Gasteiger partial charge < -0.3 is 0 Å². The standard InChI is InChI=1S/C9H11N3.C2H6.H2/c1-6(2)7-3-4-8-9(5-7)11-12-10-8;1-2;/h3-6H,1-2H3,(H,10,11,12);1-2H3;1H. The van der Waals surface area contributed by atoms with Crippen molar-refractivity contribution in [3.05, 3.63) is 23.8 Å². The summed E-state index contributed by atoms with van der Waals surface area (Å²) in [5, 5.41) is 10.6. The van der Waals surface area contributed by atoms with Crippen molar-refractivity contribution in [2.75, 3.05) is 0 Å². The van der Waals surface area contributed by atoms with Gasteiger partial charge in [0.05, 0.1) is 0 Å². The summed E-state index contributed by atoms with van der Waals surface area (Å²) < 4.78 is 0. The fourth-order valence-electron chi connectivity index (χ4n) is 1.22. The first kappa shape index (κ1) is 10.7. The minimum absolute atomic E-state index is 0. The molecule has 1 heterocycles. The fraction of sp³-hybridized carbons (Fsp3) is 0.455. The average molecular weight is 193 g/mol. The van der Waals surface area contributed by atoms with Crippen LogP contribution in [0.5, 0.6) is 0 Å². The van der Waals surface area contributed by atoms with E-state index in [0.29, 0.717) is 5.92 Å². The van der Waals surface area contributed by atoms with E-state index < -0.39 is 0 Å². The highest BCUT2D eigenvalue weighted by atomic mass is 15.3. The number of fused-ring (bicyclic) bond motifs is 1. The molecular formula is C11H19N3. The Bertz CT molecular complexity index is 395. The second-order valence-electron chi connectivity index (χ2n) is 3.23. The van der Waals surface area contributed by atoms with Gasteiger partial charge in [-0.3, -0.25) is 0 Å². The molecule has 1 N–H and O–H groups in total. The van der Waals surface area contributed by atoms with E-state index >= 15 is 0 Å². The van der Waals surface area contributed by atoms with Gasteiger partial charge in [0.1, 0.15) is 11.0 Å². The van der Waals surface area contributed by atoms with Crippen molar-refractivity contribution in [1.82, 2.24) is 15.4 Å². The zero-order chi connectivity index (χ0) is 10.6.